The molecule has 0 amide bonds. The number of ether oxygens (including phenoxy) is 1. The van der Waals surface area contributed by atoms with E-state index in [0.29, 0.717) is 17.4 Å². The summed E-state index contributed by atoms with van der Waals surface area (Å²) in [6.45, 7) is 1.85. The van der Waals surface area contributed by atoms with Gasteiger partial charge in [-0.05, 0) is 24.6 Å². The Bertz CT molecular complexity index is 425. The highest BCUT2D eigenvalue weighted by Crippen LogP contribution is 2.24. The minimum atomic E-state index is 0.295. The van der Waals surface area contributed by atoms with Crippen molar-refractivity contribution in [2.75, 3.05) is 30.8 Å². The minimum Gasteiger partial charge on any atom is -0.398 e. The van der Waals surface area contributed by atoms with Crippen molar-refractivity contribution in [2.24, 2.45) is 0 Å². The van der Waals surface area contributed by atoms with Crippen LogP contribution in [0.5, 0.6) is 0 Å². The van der Waals surface area contributed by atoms with Crippen LogP contribution < -0.4 is 10.6 Å². The Kier molecular flexibility index (Phi) is 2.97. The van der Waals surface area contributed by atoms with E-state index in [1.54, 1.807) is 13.2 Å². The number of benzene rings is 1. The van der Waals surface area contributed by atoms with Crippen LogP contribution in [0.3, 0.4) is 0 Å². The summed E-state index contributed by atoms with van der Waals surface area (Å²) >= 11 is 0. The van der Waals surface area contributed by atoms with Gasteiger partial charge in [-0.2, -0.15) is 5.26 Å². The van der Waals surface area contributed by atoms with Crippen molar-refractivity contribution in [1.29, 1.82) is 5.26 Å². The first-order valence-electron chi connectivity index (χ1n) is 5.32. The van der Waals surface area contributed by atoms with E-state index < -0.39 is 0 Å². The molecule has 1 aliphatic rings. The van der Waals surface area contributed by atoms with E-state index in [2.05, 4.69) is 11.0 Å². The minimum absolute atomic E-state index is 0.295. The molecule has 1 aromatic carbocycles. The molecule has 1 fully saturated rings. The topological polar surface area (TPSA) is 62.3 Å². The van der Waals surface area contributed by atoms with E-state index in [0.717, 1.165) is 25.2 Å². The Morgan fingerprint density at radius 3 is 3.00 bits per heavy atom. The van der Waals surface area contributed by atoms with Crippen LogP contribution in [0.2, 0.25) is 0 Å². The maximum Gasteiger partial charge on any atom is 0.101 e. The van der Waals surface area contributed by atoms with Crippen molar-refractivity contribution in [2.45, 2.75) is 12.5 Å². The smallest absolute Gasteiger partial charge is 0.101 e. The second-order valence-corrected chi connectivity index (χ2v) is 3.98. The molecule has 4 heteroatoms. The monoisotopic (exact) mass is 217 g/mol. The van der Waals surface area contributed by atoms with E-state index in [1.165, 1.54) is 0 Å². The lowest BCUT2D eigenvalue weighted by atomic mass is 10.1. The zero-order valence-corrected chi connectivity index (χ0v) is 9.31. The van der Waals surface area contributed by atoms with Gasteiger partial charge in [0.2, 0.25) is 0 Å². The number of methoxy groups -OCH3 is 1. The molecule has 2 N–H and O–H groups in total. The zero-order chi connectivity index (χ0) is 11.5. The first kappa shape index (κ1) is 10.8. The summed E-state index contributed by atoms with van der Waals surface area (Å²) < 4.78 is 5.31. The molecule has 1 atom stereocenters. The van der Waals surface area contributed by atoms with Gasteiger partial charge in [0.25, 0.3) is 0 Å². The summed E-state index contributed by atoms with van der Waals surface area (Å²) in [6, 6.07) is 7.68. The Balaban J connectivity index is 2.19. The van der Waals surface area contributed by atoms with E-state index >= 15 is 0 Å². The summed E-state index contributed by atoms with van der Waals surface area (Å²) in [5.41, 5.74) is 7.81. The van der Waals surface area contributed by atoms with E-state index in [9.17, 15) is 0 Å². The predicted octanol–water partition coefficient (Wildman–Crippen LogP) is 1.37. The van der Waals surface area contributed by atoms with Gasteiger partial charge >= 0.3 is 0 Å². The number of nitriles is 1. The average molecular weight is 217 g/mol. The van der Waals surface area contributed by atoms with Crippen LogP contribution in [0.4, 0.5) is 11.4 Å². The lowest BCUT2D eigenvalue weighted by Gasteiger charge is -2.18. The van der Waals surface area contributed by atoms with Crippen molar-refractivity contribution in [1.82, 2.24) is 0 Å². The average Bonchev–Trinajstić information content (AvgIpc) is 2.78. The third kappa shape index (κ3) is 1.95. The van der Waals surface area contributed by atoms with E-state index in [1.807, 2.05) is 12.1 Å². The zero-order valence-electron chi connectivity index (χ0n) is 9.31. The van der Waals surface area contributed by atoms with Crippen LogP contribution in [0.15, 0.2) is 18.2 Å². The fraction of sp³-hybridized carbons (Fsp3) is 0.417. The lowest BCUT2D eigenvalue weighted by Crippen LogP contribution is -2.22. The second kappa shape index (κ2) is 4.42. The molecule has 0 bridgehead atoms. The molecule has 0 aromatic heterocycles. The van der Waals surface area contributed by atoms with Crippen LogP contribution in [0, 0.1) is 11.3 Å². The third-order valence-electron chi connectivity index (χ3n) is 3.00. The molecule has 1 aliphatic heterocycles. The van der Waals surface area contributed by atoms with Crippen molar-refractivity contribution in [3.63, 3.8) is 0 Å². The quantitative estimate of drug-likeness (QED) is 0.760. The van der Waals surface area contributed by atoms with Crippen LogP contribution in [0.1, 0.15) is 12.0 Å². The lowest BCUT2D eigenvalue weighted by molar-refractivity contribution is 0.121. The molecular formula is C12H15N3O. The number of anilines is 2. The molecule has 0 aliphatic carbocycles. The highest BCUT2D eigenvalue weighted by molar-refractivity contribution is 5.63. The van der Waals surface area contributed by atoms with Crippen LogP contribution in [-0.2, 0) is 4.74 Å². The Morgan fingerprint density at radius 2 is 2.38 bits per heavy atom. The summed E-state index contributed by atoms with van der Waals surface area (Å²) in [7, 11) is 1.73. The van der Waals surface area contributed by atoms with Crippen LogP contribution in [0.25, 0.3) is 0 Å². The molecule has 1 saturated heterocycles. The second-order valence-electron chi connectivity index (χ2n) is 3.98. The number of hydrogen-bond acceptors (Lipinski definition) is 4. The van der Waals surface area contributed by atoms with Gasteiger partial charge < -0.3 is 15.4 Å². The normalized spacial score (nSPS) is 19.8. The number of nitrogens with zero attached hydrogens (tertiary/aromatic N) is 2. The SMILES string of the molecule is CO[C@@H]1CCN(c2ccc(N)c(C#N)c2)C1. The molecule has 0 spiro atoms. The molecular weight excluding hydrogens is 202 g/mol. The van der Waals surface area contributed by atoms with Crippen LogP contribution in [-0.4, -0.2) is 26.3 Å². The van der Waals surface area contributed by atoms with Gasteiger partial charge in [-0.3, -0.25) is 0 Å². The highest BCUT2D eigenvalue weighted by atomic mass is 16.5. The number of nitrogen functional groups attached to an aromatic ring is 1. The predicted molar refractivity (Wildman–Crippen MR) is 63.2 cm³/mol. The summed E-state index contributed by atoms with van der Waals surface area (Å²) in [5, 5.41) is 8.91. The Hall–Kier alpha value is -1.73. The molecule has 1 heterocycles. The molecule has 84 valence electrons. The Morgan fingerprint density at radius 1 is 1.56 bits per heavy atom. The fourth-order valence-electron chi connectivity index (χ4n) is 1.99. The fourth-order valence-corrected chi connectivity index (χ4v) is 1.99. The number of rotatable bonds is 2. The van der Waals surface area contributed by atoms with Crippen molar-refractivity contribution in [3.8, 4) is 6.07 Å². The molecule has 0 saturated carbocycles. The molecule has 1 aromatic rings. The van der Waals surface area contributed by atoms with E-state index in [4.69, 9.17) is 15.7 Å². The summed E-state index contributed by atoms with van der Waals surface area (Å²) in [5.74, 6) is 0. The van der Waals surface area contributed by atoms with Gasteiger partial charge in [0.05, 0.1) is 11.7 Å². The first-order chi connectivity index (χ1) is 7.74. The molecule has 0 radical (unpaired) electrons. The van der Waals surface area contributed by atoms with Gasteiger partial charge in [-0.15, -0.1) is 0 Å². The van der Waals surface area contributed by atoms with Gasteiger partial charge in [-0.25, -0.2) is 0 Å². The number of nitrogens with two attached hydrogens (primary N) is 1. The molecule has 0 unspecified atom stereocenters. The maximum atomic E-state index is 8.91. The van der Waals surface area contributed by atoms with Gasteiger partial charge in [-0.1, -0.05) is 0 Å². The summed E-state index contributed by atoms with van der Waals surface area (Å²) in [6.07, 6.45) is 1.33. The summed E-state index contributed by atoms with van der Waals surface area (Å²) in [4.78, 5) is 2.22. The highest BCUT2D eigenvalue weighted by Gasteiger charge is 2.22. The van der Waals surface area contributed by atoms with Crippen molar-refractivity contribution < 1.29 is 4.74 Å². The molecule has 16 heavy (non-hydrogen) atoms. The van der Waals surface area contributed by atoms with Crippen LogP contribution >= 0.6 is 0 Å². The maximum absolute atomic E-state index is 8.91. The van der Waals surface area contributed by atoms with Gasteiger partial charge in [0.1, 0.15) is 6.07 Å². The van der Waals surface area contributed by atoms with Gasteiger partial charge in [0.15, 0.2) is 0 Å². The van der Waals surface area contributed by atoms with Crippen molar-refractivity contribution in [3.05, 3.63) is 23.8 Å². The van der Waals surface area contributed by atoms with Gasteiger partial charge in [0, 0.05) is 31.6 Å². The largest absolute Gasteiger partial charge is 0.398 e. The Labute approximate surface area is 95.2 Å². The first-order valence-corrected chi connectivity index (χ1v) is 5.32. The molecule has 2 rings (SSSR count). The number of hydrogen-bond donors (Lipinski definition) is 1. The van der Waals surface area contributed by atoms with E-state index in [-0.39, 0.29) is 0 Å². The third-order valence-corrected chi connectivity index (χ3v) is 3.00. The molecule has 4 nitrogen and oxygen atoms in total. The standard InChI is InChI=1S/C12H15N3O/c1-16-11-4-5-15(8-11)10-2-3-12(14)9(6-10)7-13/h2-3,6,11H,4-5,8,14H2,1H3/t11-/m1/s1. The van der Waals surface area contributed by atoms with Crippen molar-refractivity contribution >= 4 is 11.4 Å².